The predicted molar refractivity (Wildman–Crippen MR) is 103 cm³/mol. The summed E-state index contributed by atoms with van der Waals surface area (Å²) < 4.78 is 13.1. The van der Waals surface area contributed by atoms with Gasteiger partial charge in [0.25, 0.3) is 0 Å². The first-order valence-corrected chi connectivity index (χ1v) is 8.67. The van der Waals surface area contributed by atoms with Crippen molar-refractivity contribution in [2.24, 2.45) is 4.99 Å². The zero-order chi connectivity index (χ0) is 18.6. The Morgan fingerprint density at radius 3 is 2.35 bits per heavy atom. The fourth-order valence-corrected chi connectivity index (χ4v) is 2.47. The lowest BCUT2D eigenvalue weighted by molar-refractivity contribution is -0.120. The molecule has 0 aromatic heterocycles. The van der Waals surface area contributed by atoms with Gasteiger partial charge in [-0.1, -0.05) is 42.5 Å². The second-order valence-electron chi connectivity index (χ2n) is 5.82. The molecular formula is C20H25FN4O. The molecule has 6 heteroatoms. The van der Waals surface area contributed by atoms with Crippen LogP contribution in [0.4, 0.5) is 4.39 Å². The first kappa shape index (κ1) is 19.4. The molecule has 2 rings (SSSR count). The van der Waals surface area contributed by atoms with Crippen molar-refractivity contribution >= 4 is 11.9 Å². The van der Waals surface area contributed by atoms with Crippen LogP contribution in [0.25, 0.3) is 0 Å². The van der Waals surface area contributed by atoms with Crippen LogP contribution in [-0.4, -0.2) is 38.5 Å². The molecule has 138 valence electrons. The molecule has 0 bridgehead atoms. The highest BCUT2D eigenvalue weighted by Gasteiger charge is 2.04. The molecule has 0 aliphatic heterocycles. The highest BCUT2D eigenvalue weighted by molar-refractivity contribution is 5.80. The molecule has 2 aromatic carbocycles. The lowest BCUT2D eigenvalue weighted by Crippen LogP contribution is -2.42. The lowest BCUT2D eigenvalue weighted by atomic mass is 10.1. The summed E-state index contributed by atoms with van der Waals surface area (Å²) in [6.45, 7) is 1.79. The largest absolute Gasteiger partial charge is 0.356 e. The normalized spacial score (nSPS) is 11.1. The summed E-state index contributed by atoms with van der Waals surface area (Å²) in [6.07, 6.45) is 1.08. The van der Waals surface area contributed by atoms with Gasteiger partial charge in [-0.2, -0.15) is 0 Å². The fraction of sp³-hybridized carbons (Fsp3) is 0.300. The zero-order valence-electron chi connectivity index (χ0n) is 15.0. The molecule has 5 nitrogen and oxygen atoms in total. The Morgan fingerprint density at radius 1 is 0.923 bits per heavy atom. The number of guanidine groups is 1. The highest BCUT2D eigenvalue weighted by Crippen LogP contribution is 2.03. The molecule has 0 aliphatic carbocycles. The van der Waals surface area contributed by atoms with Crippen LogP contribution < -0.4 is 16.0 Å². The van der Waals surface area contributed by atoms with E-state index < -0.39 is 0 Å². The first-order chi connectivity index (χ1) is 12.7. The van der Waals surface area contributed by atoms with Gasteiger partial charge in [-0.25, -0.2) is 4.39 Å². The Bertz CT molecular complexity index is 719. The van der Waals surface area contributed by atoms with E-state index in [1.807, 2.05) is 18.2 Å². The van der Waals surface area contributed by atoms with Crippen molar-refractivity contribution in [1.29, 1.82) is 0 Å². The predicted octanol–water partition coefficient (Wildman–Crippen LogP) is 1.89. The average Bonchev–Trinajstić information content (AvgIpc) is 2.64. The molecular weight excluding hydrogens is 331 g/mol. The Morgan fingerprint density at radius 2 is 1.62 bits per heavy atom. The van der Waals surface area contributed by atoms with E-state index in [0.29, 0.717) is 24.6 Å². The summed E-state index contributed by atoms with van der Waals surface area (Å²) in [6, 6.07) is 16.3. The number of rotatable bonds is 8. The minimum atomic E-state index is -0.331. The van der Waals surface area contributed by atoms with Gasteiger partial charge in [0.2, 0.25) is 5.91 Å². The van der Waals surface area contributed by atoms with E-state index in [1.165, 1.54) is 17.7 Å². The summed E-state index contributed by atoms with van der Waals surface area (Å²) in [5.41, 5.74) is 1.92. The van der Waals surface area contributed by atoms with E-state index in [0.717, 1.165) is 13.0 Å². The molecule has 0 spiro atoms. The monoisotopic (exact) mass is 356 g/mol. The summed E-state index contributed by atoms with van der Waals surface area (Å²) >= 11 is 0. The van der Waals surface area contributed by atoms with Gasteiger partial charge in [0, 0.05) is 26.7 Å². The van der Waals surface area contributed by atoms with E-state index in [-0.39, 0.29) is 18.1 Å². The van der Waals surface area contributed by atoms with E-state index in [9.17, 15) is 9.18 Å². The Labute approximate surface area is 153 Å². The third-order valence-electron chi connectivity index (χ3n) is 3.77. The number of nitrogens with zero attached hydrogens (tertiary/aromatic N) is 1. The SMILES string of the molecule is CN=C(NCCNC(=O)Cc1cccc(F)c1)NCCc1ccccc1. The van der Waals surface area contributed by atoms with Crippen molar-refractivity contribution in [2.45, 2.75) is 12.8 Å². The molecule has 0 saturated heterocycles. The van der Waals surface area contributed by atoms with Gasteiger partial charge in [-0.3, -0.25) is 9.79 Å². The fourth-order valence-electron chi connectivity index (χ4n) is 2.47. The number of amides is 1. The minimum Gasteiger partial charge on any atom is -0.356 e. The summed E-state index contributed by atoms with van der Waals surface area (Å²) in [4.78, 5) is 16.0. The van der Waals surface area contributed by atoms with Crippen molar-refractivity contribution in [1.82, 2.24) is 16.0 Å². The minimum absolute atomic E-state index is 0.135. The van der Waals surface area contributed by atoms with Gasteiger partial charge < -0.3 is 16.0 Å². The average molecular weight is 356 g/mol. The van der Waals surface area contributed by atoms with Gasteiger partial charge >= 0.3 is 0 Å². The molecule has 0 aliphatic rings. The van der Waals surface area contributed by atoms with Gasteiger partial charge in [-0.15, -0.1) is 0 Å². The van der Waals surface area contributed by atoms with Crippen LogP contribution in [0.5, 0.6) is 0 Å². The molecule has 0 heterocycles. The van der Waals surface area contributed by atoms with E-state index in [1.54, 1.807) is 19.2 Å². The molecule has 26 heavy (non-hydrogen) atoms. The molecule has 0 saturated carbocycles. The molecule has 0 unspecified atom stereocenters. The van der Waals surface area contributed by atoms with Crippen LogP contribution in [0.1, 0.15) is 11.1 Å². The number of hydrogen-bond acceptors (Lipinski definition) is 2. The maximum absolute atomic E-state index is 13.1. The van der Waals surface area contributed by atoms with Crippen LogP contribution >= 0.6 is 0 Å². The van der Waals surface area contributed by atoms with Gasteiger partial charge in [0.05, 0.1) is 6.42 Å². The maximum atomic E-state index is 13.1. The standard InChI is InChI=1S/C20H25FN4O/c1-22-20(24-11-10-16-6-3-2-4-7-16)25-13-12-23-19(26)15-17-8-5-9-18(21)14-17/h2-9,14H,10-13,15H2,1H3,(H,23,26)(H2,22,24,25). The van der Waals surface area contributed by atoms with Crippen LogP contribution in [0, 0.1) is 5.82 Å². The lowest BCUT2D eigenvalue weighted by Gasteiger charge is -2.12. The molecule has 2 aromatic rings. The quantitative estimate of drug-likeness (QED) is 0.384. The van der Waals surface area contributed by atoms with Crippen LogP contribution in [0.3, 0.4) is 0 Å². The summed E-state index contributed by atoms with van der Waals surface area (Å²) in [5, 5.41) is 9.19. The molecule has 0 fully saturated rings. The second kappa shape index (κ2) is 10.9. The van der Waals surface area contributed by atoms with Crippen molar-refractivity contribution < 1.29 is 9.18 Å². The third-order valence-corrected chi connectivity index (χ3v) is 3.77. The number of benzene rings is 2. The van der Waals surface area contributed by atoms with Crippen molar-refractivity contribution in [3.63, 3.8) is 0 Å². The Hall–Kier alpha value is -2.89. The number of halogens is 1. The maximum Gasteiger partial charge on any atom is 0.224 e. The van der Waals surface area contributed by atoms with Gasteiger partial charge in [0.15, 0.2) is 5.96 Å². The van der Waals surface area contributed by atoms with Crippen molar-refractivity contribution in [3.05, 3.63) is 71.5 Å². The third kappa shape index (κ3) is 7.34. The summed E-state index contributed by atoms with van der Waals surface area (Å²) in [5.74, 6) is 0.229. The zero-order valence-corrected chi connectivity index (χ0v) is 15.0. The number of aliphatic imine (C=N–C) groups is 1. The molecule has 0 atom stereocenters. The topological polar surface area (TPSA) is 65.5 Å². The van der Waals surface area contributed by atoms with Crippen LogP contribution in [-0.2, 0) is 17.6 Å². The molecule has 0 radical (unpaired) electrons. The number of hydrogen-bond donors (Lipinski definition) is 3. The van der Waals surface area contributed by atoms with Crippen LogP contribution in [0.15, 0.2) is 59.6 Å². The molecule has 1 amide bonds. The number of nitrogens with one attached hydrogen (secondary N) is 3. The van der Waals surface area contributed by atoms with E-state index in [4.69, 9.17) is 0 Å². The highest BCUT2D eigenvalue weighted by atomic mass is 19.1. The Kier molecular flexibility index (Phi) is 8.12. The van der Waals surface area contributed by atoms with Crippen LogP contribution in [0.2, 0.25) is 0 Å². The molecule has 3 N–H and O–H groups in total. The second-order valence-corrected chi connectivity index (χ2v) is 5.82. The van der Waals surface area contributed by atoms with Gasteiger partial charge in [-0.05, 0) is 29.7 Å². The number of carbonyl (C=O) groups is 1. The summed E-state index contributed by atoms with van der Waals surface area (Å²) in [7, 11) is 1.71. The van der Waals surface area contributed by atoms with Crippen molar-refractivity contribution in [2.75, 3.05) is 26.7 Å². The smallest absolute Gasteiger partial charge is 0.224 e. The Balaban J connectivity index is 1.60. The first-order valence-electron chi connectivity index (χ1n) is 8.67. The van der Waals surface area contributed by atoms with Crippen molar-refractivity contribution in [3.8, 4) is 0 Å². The van der Waals surface area contributed by atoms with Gasteiger partial charge in [0.1, 0.15) is 5.82 Å². The van der Waals surface area contributed by atoms with E-state index in [2.05, 4.69) is 33.1 Å². The van der Waals surface area contributed by atoms with E-state index >= 15 is 0 Å². The number of carbonyl (C=O) groups excluding carboxylic acids is 1.